The Balaban J connectivity index is 2.29. The lowest BCUT2D eigenvalue weighted by Crippen LogP contribution is -2.45. The van der Waals surface area contributed by atoms with E-state index in [2.05, 4.69) is 5.32 Å². The molecule has 0 spiro atoms. The number of hydrogen-bond acceptors (Lipinski definition) is 4. The van der Waals surface area contributed by atoms with Gasteiger partial charge in [-0.1, -0.05) is 13.8 Å². The van der Waals surface area contributed by atoms with Gasteiger partial charge in [-0.05, 0) is 0 Å². The summed E-state index contributed by atoms with van der Waals surface area (Å²) < 4.78 is 10.8. The fraction of sp³-hybridized carbons (Fsp3) is 1.00. The van der Waals surface area contributed by atoms with E-state index in [9.17, 15) is 0 Å². The fourth-order valence-electron chi connectivity index (χ4n) is 1.65. The van der Waals surface area contributed by atoms with E-state index in [4.69, 9.17) is 14.6 Å². The van der Waals surface area contributed by atoms with E-state index in [1.807, 2.05) is 13.8 Å². The predicted molar refractivity (Wildman–Crippen MR) is 58.9 cm³/mol. The summed E-state index contributed by atoms with van der Waals surface area (Å²) in [5.74, 6) is 0. The molecule has 1 atom stereocenters. The quantitative estimate of drug-likeness (QED) is 0.676. The number of hydrogen-bond donors (Lipinski definition) is 2. The minimum atomic E-state index is -0.161. The van der Waals surface area contributed by atoms with E-state index in [1.54, 1.807) is 7.11 Å². The molecule has 1 aliphatic heterocycles. The first-order chi connectivity index (χ1) is 7.04. The first-order valence-corrected chi connectivity index (χ1v) is 5.48. The molecule has 0 radical (unpaired) electrons. The van der Waals surface area contributed by atoms with Gasteiger partial charge in [-0.25, -0.2) is 0 Å². The van der Waals surface area contributed by atoms with Crippen molar-refractivity contribution in [1.82, 2.24) is 5.32 Å². The lowest BCUT2D eigenvalue weighted by atomic mass is 9.94. The number of ether oxygens (including phenoxy) is 2. The van der Waals surface area contributed by atoms with E-state index in [1.165, 1.54) is 0 Å². The summed E-state index contributed by atoms with van der Waals surface area (Å²) in [5.41, 5.74) is -0.236. The van der Waals surface area contributed by atoms with E-state index in [-0.39, 0.29) is 17.6 Å². The van der Waals surface area contributed by atoms with Crippen LogP contribution in [0.15, 0.2) is 0 Å². The molecule has 0 amide bonds. The Hall–Kier alpha value is -0.160. The highest BCUT2D eigenvalue weighted by Gasteiger charge is 2.34. The lowest BCUT2D eigenvalue weighted by molar-refractivity contribution is -0.0176. The molecule has 0 aromatic rings. The SMILES string of the molecule is COC1(CNCC(C)(C)CO)CCOC1. The second kappa shape index (κ2) is 5.25. The number of aliphatic hydroxyl groups is 1. The highest BCUT2D eigenvalue weighted by molar-refractivity contribution is 4.87. The van der Waals surface area contributed by atoms with E-state index in [0.29, 0.717) is 6.61 Å². The second-order valence-corrected chi connectivity index (χ2v) is 5.12. The minimum Gasteiger partial charge on any atom is -0.396 e. The Morgan fingerprint density at radius 3 is 2.73 bits per heavy atom. The van der Waals surface area contributed by atoms with Gasteiger partial charge in [0.1, 0.15) is 5.60 Å². The molecule has 0 aromatic heterocycles. The Morgan fingerprint density at radius 1 is 1.53 bits per heavy atom. The summed E-state index contributed by atoms with van der Waals surface area (Å²) in [6.45, 7) is 7.27. The summed E-state index contributed by atoms with van der Waals surface area (Å²) >= 11 is 0. The molecule has 0 bridgehead atoms. The van der Waals surface area contributed by atoms with Crippen molar-refractivity contribution < 1.29 is 14.6 Å². The third kappa shape index (κ3) is 3.72. The normalized spacial score (nSPS) is 27.2. The minimum absolute atomic E-state index is 0.0750. The third-order valence-electron chi connectivity index (χ3n) is 2.98. The maximum Gasteiger partial charge on any atom is 0.106 e. The molecule has 1 heterocycles. The fourth-order valence-corrected chi connectivity index (χ4v) is 1.65. The Morgan fingerprint density at radius 2 is 2.27 bits per heavy atom. The molecule has 1 fully saturated rings. The van der Waals surface area contributed by atoms with Gasteiger partial charge in [0.15, 0.2) is 0 Å². The molecule has 0 saturated carbocycles. The highest BCUT2D eigenvalue weighted by atomic mass is 16.5. The Bertz CT molecular complexity index is 188. The average molecular weight is 217 g/mol. The number of methoxy groups -OCH3 is 1. The van der Waals surface area contributed by atoms with Crippen LogP contribution in [0.5, 0.6) is 0 Å². The van der Waals surface area contributed by atoms with Crippen LogP contribution in [-0.2, 0) is 9.47 Å². The molecule has 1 saturated heterocycles. The van der Waals surface area contributed by atoms with Crippen molar-refractivity contribution in [3.05, 3.63) is 0 Å². The average Bonchev–Trinajstić information content (AvgIpc) is 2.67. The summed E-state index contributed by atoms with van der Waals surface area (Å²) in [4.78, 5) is 0. The third-order valence-corrected chi connectivity index (χ3v) is 2.98. The zero-order valence-electron chi connectivity index (χ0n) is 10.0. The van der Waals surface area contributed by atoms with Crippen LogP contribution in [0.25, 0.3) is 0 Å². The van der Waals surface area contributed by atoms with Crippen LogP contribution in [0.3, 0.4) is 0 Å². The van der Waals surface area contributed by atoms with Crippen LogP contribution in [-0.4, -0.2) is 50.7 Å². The van der Waals surface area contributed by atoms with E-state index >= 15 is 0 Å². The topological polar surface area (TPSA) is 50.7 Å². The Labute approximate surface area is 92.0 Å². The van der Waals surface area contributed by atoms with Gasteiger partial charge in [0.25, 0.3) is 0 Å². The molecule has 4 nitrogen and oxygen atoms in total. The van der Waals surface area contributed by atoms with Crippen molar-refractivity contribution in [3.8, 4) is 0 Å². The zero-order chi connectivity index (χ0) is 11.4. The number of rotatable bonds is 6. The first-order valence-electron chi connectivity index (χ1n) is 5.48. The van der Waals surface area contributed by atoms with Crippen LogP contribution in [0.1, 0.15) is 20.3 Å². The maximum absolute atomic E-state index is 9.11. The summed E-state index contributed by atoms with van der Waals surface area (Å²) in [7, 11) is 1.73. The van der Waals surface area contributed by atoms with Crippen LogP contribution in [0, 0.1) is 5.41 Å². The maximum atomic E-state index is 9.11. The van der Waals surface area contributed by atoms with Gasteiger partial charge in [0, 0.05) is 45.2 Å². The molecular weight excluding hydrogens is 194 g/mol. The van der Waals surface area contributed by atoms with Gasteiger partial charge >= 0.3 is 0 Å². The lowest BCUT2D eigenvalue weighted by Gasteiger charge is -2.29. The summed E-state index contributed by atoms with van der Waals surface area (Å²) in [6.07, 6.45) is 0.941. The molecular formula is C11H23NO3. The van der Waals surface area contributed by atoms with Gasteiger partial charge in [0.2, 0.25) is 0 Å². The summed E-state index contributed by atoms with van der Waals surface area (Å²) in [5, 5.41) is 12.5. The van der Waals surface area contributed by atoms with Crippen molar-refractivity contribution in [2.24, 2.45) is 5.41 Å². The van der Waals surface area contributed by atoms with Crippen molar-refractivity contribution in [1.29, 1.82) is 0 Å². The molecule has 1 unspecified atom stereocenters. The monoisotopic (exact) mass is 217 g/mol. The standard InChI is InChI=1S/C11H23NO3/c1-10(2,8-13)6-12-7-11(14-3)4-5-15-9-11/h12-13H,4-9H2,1-3H3. The molecule has 90 valence electrons. The van der Waals surface area contributed by atoms with Gasteiger partial charge in [-0.3, -0.25) is 0 Å². The smallest absolute Gasteiger partial charge is 0.106 e. The molecule has 15 heavy (non-hydrogen) atoms. The van der Waals surface area contributed by atoms with Crippen LogP contribution < -0.4 is 5.32 Å². The largest absolute Gasteiger partial charge is 0.396 e. The van der Waals surface area contributed by atoms with Crippen LogP contribution >= 0.6 is 0 Å². The highest BCUT2D eigenvalue weighted by Crippen LogP contribution is 2.22. The molecule has 1 rings (SSSR count). The predicted octanol–water partition coefficient (Wildman–Crippen LogP) is 0.400. The summed E-state index contributed by atoms with van der Waals surface area (Å²) in [6, 6.07) is 0. The van der Waals surface area contributed by atoms with Crippen molar-refractivity contribution in [2.45, 2.75) is 25.9 Å². The Kier molecular flexibility index (Phi) is 4.52. The first kappa shape index (κ1) is 12.9. The van der Waals surface area contributed by atoms with Crippen molar-refractivity contribution in [2.75, 3.05) is 40.0 Å². The molecule has 1 aliphatic rings. The van der Waals surface area contributed by atoms with Crippen LogP contribution in [0.2, 0.25) is 0 Å². The van der Waals surface area contributed by atoms with E-state index < -0.39 is 0 Å². The molecule has 2 N–H and O–H groups in total. The van der Waals surface area contributed by atoms with Gasteiger partial charge in [-0.15, -0.1) is 0 Å². The van der Waals surface area contributed by atoms with Crippen molar-refractivity contribution >= 4 is 0 Å². The van der Waals surface area contributed by atoms with Gasteiger partial charge in [0.05, 0.1) is 6.61 Å². The zero-order valence-corrected chi connectivity index (χ0v) is 10.0. The number of nitrogens with one attached hydrogen (secondary N) is 1. The molecule has 4 heteroatoms. The van der Waals surface area contributed by atoms with Gasteiger partial charge in [-0.2, -0.15) is 0 Å². The molecule has 0 aromatic carbocycles. The van der Waals surface area contributed by atoms with Crippen LogP contribution in [0.4, 0.5) is 0 Å². The van der Waals surface area contributed by atoms with E-state index in [0.717, 1.165) is 26.1 Å². The van der Waals surface area contributed by atoms with Gasteiger partial charge < -0.3 is 19.9 Å². The van der Waals surface area contributed by atoms with Crippen molar-refractivity contribution in [3.63, 3.8) is 0 Å². The molecule has 0 aliphatic carbocycles. The second-order valence-electron chi connectivity index (χ2n) is 5.12. The number of aliphatic hydroxyl groups excluding tert-OH is 1.